The van der Waals surface area contributed by atoms with Crippen molar-refractivity contribution in [3.63, 3.8) is 0 Å². The molecule has 1 aromatic rings. The lowest BCUT2D eigenvalue weighted by atomic mass is 10.0. The third kappa shape index (κ3) is 1.17. The zero-order valence-corrected chi connectivity index (χ0v) is 7.15. The molecule has 0 aromatic heterocycles. The van der Waals surface area contributed by atoms with Crippen molar-refractivity contribution in [2.45, 2.75) is 19.8 Å². The molecule has 0 fully saturated rings. The van der Waals surface area contributed by atoms with Crippen LogP contribution in [0.3, 0.4) is 0 Å². The first-order chi connectivity index (χ1) is 5.77. The molecule has 1 nitrogen and oxygen atoms in total. The highest BCUT2D eigenvalue weighted by atomic mass is 19.1. The highest BCUT2D eigenvalue weighted by Gasteiger charge is 2.12. The van der Waals surface area contributed by atoms with Gasteiger partial charge in [-0.1, -0.05) is 0 Å². The minimum Gasteiger partial charge on any atom is -0.385 e. The summed E-state index contributed by atoms with van der Waals surface area (Å²) in [5, 5.41) is 3.20. The van der Waals surface area contributed by atoms with Gasteiger partial charge < -0.3 is 5.32 Å². The molecule has 0 spiro atoms. The highest BCUT2D eigenvalue weighted by Crippen LogP contribution is 2.25. The fourth-order valence-electron chi connectivity index (χ4n) is 1.67. The Labute approximate surface area is 71.6 Å². The zero-order valence-electron chi connectivity index (χ0n) is 7.15. The van der Waals surface area contributed by atoms with Crippen LogP contribution in [0.15, 0.2) is 12.1 Å². The minimum atomic E-state index is -0.0581. The normalized spacial score (nSPS) is 15.2. The summed E-state index contributed by atoms with van der Waals surface area (Å²) in [5.74, 6) is -0.0581. The van der Waals surface area contributed by atoms with Gasteiger partial charge in [-0.2, -0.15) is 0 Å². The third-order valence-corrected chi connectivity index (χ3v) is 2.26. The van der Waals surface area contributed by atoms with Crippen molar-refractivity contribution in [2.75, 3.05) is 11.9 Å². The Morgan fingerprint density at radius 1 is 1.42 bits per heavy atom. The van der Waals surface area contributed by atoms with Crippen LogP contribution in [0.4, 0.5) is 10.1 Å². The lowest BCUT2D eigenvalue weighted by Crippen LogP contribution is -2.13. The number of aryl methyl sites for hydroxylation is 1. The molecule has 0 bridgehead atoms. The highest BCUT2D eigenvalue weighted by molar-refractivity contribution is 5.55. The van der Waals surface area contributed by atoms with Crippen LogP contribution in [0.1, 0.15) is 17.5 Å². The van der Waals surface area contributed by atoms with E-state index in [0.29, 0.717) is 0 Å². The van der Waals surface area contributed by atoms with Crippen LogP contribution in [-0.2, 0) is 6.42 Å². The van der Waals surface area contributed by atoms with Crippen molar-refractivity contribution in [1.82, 2.24) is 0 Å². The van der Waals surface area contributed by atoms with Gasteiger partial charge in [0, 0.05) is 17.8 Å². The van der Waals surface area contributed by atoms with Gasteiger partial charge in [0.05, 0.1) is 0 Å². The average molecular weight is 165 g/mol. The van der Waals surface area contributed by atoms with Gasteiger partial charge in [-0.15, -0.1) is 0 Å². The minimum absolute atomic E-state index is 0.0581. The van der Waals surface area contributed by atoms with E-state index in [2.05, 4.69) is 5.32 Å². The smallest absolute Gasteiger partial charge is 0.128 e. The fourth-order valence-corrected chi connectivity index (χ4v) is 1.67. The molecule has 1 aliphatic heterocycles. The lowest BCUT2D eigenvalue weighted by Gasteiger charge is -2.18. The third-order valence-electron chi connectivity index (χ3n) is 2.26. The summed E-state index contributed by atoms with van der Waals surface area (Å²) in [6, 6.07) is 3.61. The van der Waals surface area contributed by atoms with E-state index >= 15 is 0 Å². The first kappa shape index (κ1) is 7.59. The van der Waals surface area contributed by atoms with Gasteiger partial charge in [0.25, 0.3) is 0 Å². The van der Waals surface area contributed by atoms with E-state index in [9.17, 15) is 4.39 Å². The first-order valence-electron chi connectivity index (χ1n) is 4.30. The van der Waals surface area contributed by atoms with Crippen LogP contribution < -0.4 is 5.32 Å². The van der Waals surface area contributed by atoms with Crippen molar-refractivity contribution in [3.05, 3.63) is 29.1 Å². The molecular weight excluding hydrogens is 153 g/mol. The maximum absolute atomic E-state index is 13.3. The Kier molecular flexibility index (Phi) is 1.75. The predicted octanol–water partition coefficient (Wildman–Crippen LogP) is 2.49. The van der Waals surface area contributed by atoms with Crippen molar-refractivity contribution in [3.8, 4) is 0 Å². The summed E-state index contributed by atoms with van der Waals surface area (Å²) >= 11 is 0. The van der Waals surface area contributed by atoms with Gasteiger partial charge in [-0.3, -0.25) is 0 Å². The van der Waals surface area contributed by atoms with E-state index in [1.165, 1.54) is 0 Å². The van der Waals surface area contributed by atoms with Crippen molar-refractivity contribution in [2.24, 2.45) is 0 Å². The number of rotatable bonds is 0. The second kappa shape index (κ2) is 2.77. The van der Waals surface area contributed by atoms with Gasteiger partial charge in [0.2, 0.25) is 0 Å². The molecule has 2 rings (SSSR count). The molecule has 2 heteroatoms. The Morgan fingerprint density at radius 3 is 3.08 bits per heavy atom. The quantitative estimate of drug-likeness (QED) is 0.622. The SMILES string of the molecule is Cc1cc(F)c2c(c1)NCCC2. The maximum Gasteiger partial charge on any atom is 0.128 e. The number of anilines is 1. The second-order valence-corrected chi connectivity index (χ2v) is 3.30. The second-order valence-electron chi connectivity index (χ2n) is 3.30. The van der Waals surface area contributed by atoms with Crippen LogP contribution in [0, 0.1) is 12.7 Å². The molecule has 12 heavy (non-hydrogen) atoms. The Morgan fingerprint density at radius 2 is 2.25 bits per heavy atom. The number of hydrogen-bond donors (Lipinski definition) is 1. The Balaban J connectivity index is 2.53. The van der Waals surface area contributed by atoms with Crippen LogP contribution >= 0.6 is 0 Å². The van der Waals surface area contributed by atoms with E-state index in [4.69, 9.17) is 0 Å². The Hall–Kier alpha value is -1.05. The van der Waals surface area contributed by atoms with Gasteiger partial charge >= 0.3 is 0 Å². The summed E-state index contributed by atoms with van der Waals surface area (Å²) in [5.41, 5.74) is 2.83. The van der Waals surface area contributed by atoms with E-state index in [1.807, 2.05) is 13.0 Å². The van der Waals surface area contributed by atoms with E-state index in [0.717, 1.165) is 36.2 Å². The molecule has 0 aliphatic carbocycles. The van der Waals surface area contributed by atoms with E-state index in [1.54, 1.807) is 6.07 Å². The number of fused-ring (bicyclic) bond motifs is 1. The summed E-state index contributed by atoms with van der Waals surface area (Å²) in [4.78, 5) is 0. The summed E-state index contributed by atoms with van der Waals surface area (Å²) in [6.07, 6.45) is 1.90. The lowest BCUT2D eigenvalue weighted by molar-refractivity contribution is 0.601. The number of halogens is 1. The largest absolute Gasteiger partial charge is 0.385 e. The average Bonchev–Trinajstić information content (AvgIpc) is 2.04. The molecule has 1 aliphatic rings. The summed E-state index contributed by atoms with van der Waals surface area (Å²) in [6.45, 7) is 2.88. The van der Waals surface area contributed by atoms with E-state index < -0.39 is 0 Å². The molecule has 0 unspecified atom stereocenters. The molecule has 0 amide bonds. The molecule has 1 N–H and O–H groups in total. The monoisotopic (exact) mass is 165 g/mol. The molecule has 1 aromatic carbocycles. The maximum atomic E-state index is 13.3. The predicted molar refractivity (Wildman–Crippen MR) is 47.9 cm³/mol. The summed E-state index contributed by atoms with van der Waals surface area (Å²) < 4.78 is 13.3. The van der Waals surface area contributed by atoms with Gasteiger partial charge in [0.1, 0.15) is 5.82 Å². The molecule has 64 valence electrons. The number of benzene rings is 1. The van der Waals surface area contributed by atoms with Gasteiger partial charge in [0.15, 0.2) is 0 Å². The van der Waals surface area contributed by atoms with Crippen molar-refractivity contribution in [1.29, 1.82) is 0 Å². The number of hydrogen-bond acceptors (Lipinski definition) is 1. The fraction of sp³-hybridized carbons (Fsp3) is 0.400. The van der Waals surface area contributed by atoms with Crippen LogP contribution in [0.2, 0.25) is 0 Å². The molecule has 0 saturated carbocycles. The standard InChI is InChI=1S/C10H12FN/c1-7-5-9(11)8-3-2-4-12-10(8)6-7/h5-6,12H,2-4H2,1H3. The molecule has 0 radical (unpaired) electrons. The Bertz CT molecular complexity index is 307. The van der Waals surface area contributed by atoms with Crippen LogP contribution in [-0.4, -0.2) is 6.54 Å². The van der Waals surface area contributed by atoms with Crippen molar-refractivity contribution < 1.29 is 4.39 Å². The number of nitrogens with one attached hydrogen (secondary N) is 1. The molecule has 0 atom stereocenters. The molecule has 0 saturated heterocycles. The van der Waals surface area contributed by atoms with Crippen molar-refractivity contribution >= 4 is 5.69 Å². The topological polar surface area (TPSA) is 12.0 Å². The van der Waals surface area contributed by atoms with E-state index in [-0.39, 0.29) is 5.82 Å². The summed E-state index contributed by atoms with van der Waals surface area (Å²) in [7, 11) is 0. The zero-order chi connectivity index (χ0) is 8.55. The van der Waals surface area contributed by atoms with Gasteiger partial charge in [-0.25, -0.2) is 4.39 Å². The first-order valence-corrected chi connectivity index (χ1v) is 4.30. The van der Waals surface area contributed by atoms with Crippen LogP contribution in [0.5, 0.6) is 0 Å². The van der Waals surface area contributed by atoms with Crippen LogP contribution in [0.25, 0.3) is 0 Å². The molecular formula is C10H12FN. The molecule has 1 heterocycles. The van der Waals surface area contributed by atoms with Gasteiger partial charge in [-0.05, 0) is 37.5 Å².